The lowest BCUT2D eigenvalue weighted by atomic mass is 10.1. The lowest BCUT2D eigenvalue weighted by Crippen LogP contribution is -2.47. The fourth-order valence-corrected chi connectivity index (χ4v) is 2.37. The van der Waals surface area contributed by atoms with Gasteiger partial charge in [0.1, 0.15) is 5.75 Å². The number of hydrogen-bond acceptors (Lipinski definition) is 3. The van der Waals surface area contributed by atoms with Crippen LogP contribution in [0, 0.1) is 0 Å². The summed E-state index contributed by atoms with van der Waals surface area (Å²) in [5, 5.41) is 0.603. The van der Waals surface area contributed by atoms with Crippen LogP contribution in [0.1, 0.15) is 12.5 Å². The van der Waals surface area contributed by atoms with Crippen LogP contribution in [0.4, 0.5) is 0 Å². The molecule has 0 radical (unpaired) electrons. The highest BCUT2D eigenvalue weighted by molar-refractivity contribution is 9.10. The van der Waals surface area contributed by atoms with Crippen molar-refractivity contribution < 1.29 is 14.3 Å². The molecule has 0 aliphatic rings. The minimum absolute atomic E-state index is 0.137. The van der Waals surface area contributed by atoms with Gasteiger partial charge in [0.25, 0.3) is 5.91 Å². The summed E-state index contributed by atoms with van der Waals surface area (Å²) >= 11 is 9.12. The Kier molecular flexibility index (Phi) is 6.63. The number of benzene rings is 2. The third-order valence-corrected chi connectivity index (χ3v) is 3.83. The Morgan fingerprint density at radius 3 is 2.54 bits per heavy atom. The molecule has 0 fully saturated rings. The van der Waals surface area contributed by atoms with Gasteiger partial charge in [0.05, 0.1) is 6.42 Å². The number of carbonyl (C=O) groups is 2. The highest BCUT2D eigenvalue weighted by Crippen LogP contribution is 2.18. The number of hydrogen-bond donors (Lipinski definition) is 2. The highest BCUT2D eigenvalue weighted by atomic mass is 79.9. The smallest absolute Gasteiger partial charge is 0.279 e. The van der Waals surface area contributed by atoms with Crippen molar-refractivity contribution in [3.8, 4) is 5.75 Å². The summed E-state index contributed by atoms with van der Waals surface area (Å²) in [6, 6.07) is 14.1. The number of hydrazine groups is 1. The molecule has 0 spiro atoms. The van der Waals surface area contributed by atoms with Crippen molar-refractivity contribution in [3.63, 3.8) is 0 Å². The number of carbonyl (C=O) groups excluding carboxylic acids is 2. The molecule has 0 bridgehead atoms. The van der Waals surface area contributed by atoms with Crippen LogP contribution in [-0.4, -0.2) is 17.9 Å². The summed E-state index contributed by atoms with van der Waals surface area (Å²) in [7, 11) is 0. The molecule has 0 saturated heterocycles. The van der Waals surface area contributed by atoms with Gasteiger partial charge < -0.3 is 4.74 Å². The van der Waals surface area contributed by atoms with Gasteiger partial charge >= 0.3 is 0 Å². The van der Waals surface area contributed by atoms with E-state index in [9.17, 15) is 9.59 Å². The molecule has 0 aromatic heterocycles. The van der Waals surface area contributed by atoms with Crippen molar-refractivity contribution in [3.05, 3.63) is 63.6 Å². The van der Waals surface area contributed by atoms with Gasteiger partial charge in [-0.1, -0.05) is 45.7 Å². The molecule has 2 rings (SSSR count). The van der Waals surface area contributed by atoms with Crippen LogP contribution in [0.15, 0.2) is 53.0 Å². The quantitative estimate of drug-likeness (QED) is 0.742. The number of rotatable bonds is 5. The van der Waals surface area contributed by atoms with E-state index in [2.05, 4.69) is 26.8 Å². The average molecular weight is 412 g/mol. The molecule has 2 aromatic carbocycles. The van der Waals surface area contributed by atoms with Gasteiger partial charge in [0.2, 0.25) is 5.91 Å². The molecule has 0 aliphatic heterocycles. The number of nitrogens with one attached hydrogen (secondary N) is 2. The first-order valence-corrected chi connectivity index (χ1v) is 8.36. The van der Waals surface area contributed by atoms with E-state index in [4.69, 9.17) is 16.3 Å². The Bertz CT molecular complexity index is 722. The largest absolute Gasteiger partial charge is 0.481 e. The molecule has 126 valence electrons. The molecule has 2 aromatic rings. The molecule has 1 atom stereocenters. The van der Waals surface area contributed by atoms with E-state index in [0.717, 1.165) is 10.0 Å². The minimum Gasteiger partial charge on any atom is -0.481 e. The van der Waals surface area contributed by atoms with Gasteiger partial charge in [-0.25, -0.2) is 0 Å². The number of amides is 2. The Hall–Kier alpha value is -2.05. The van der Waals surface area contributed by atoms with E-state index < -0.39 is 12.0 Å². The molecule has 2 N–H and O–H groups in total. The highest BCUT2D eigenvalue weighted by Gasteiger charge is 2.15. The maximum atomic E-state index is 12.0. The van der Waals surface area contributed by atoms with Gasteiger partial charge in [0.15, 0.2) is 6.10 Å². The molecule has 24 heavy (non-hydrogen) atoms. The Morgan fingerprint density at radius 2 is 1.88 bits per heavy atom. The van der Waals surface area contributed by atoms with Crippen molar-refractivity contribution in [2.75, 3.05) is 0 Å². The van der Waals surface area contributed by atoms with E-state index in [1.165, 1.54) is 0 Å². The molecule has 0 saturated carbocycles. The van der Waals surface area contributed by atoms with Gasteiger partial charge in [-0.3, -0.25) is 20.4 Å². The van der Waals surface area contributed by atoms with Crippen molar-refractivity contribution >= 4 is 39.3 Å². The van der Waals surface area contributed by atoms with Crippen LogP contribution in [0.25, 0.3) is 0 Å². The topological polar surface area (TPSA) is 67.4 Å². The SMILES string of the molecule is C[C@H](Oc1cccc(Br)c1)C(=O)NNC(=O)Cc1ccc(Cl)cc1. The summed E-state index contributed by atoms with van der Waals surface area (Å²) in [6.45, 7) is 1.60. The van der Waals surface area contributed by atoms with Gasteiger partial charge in [-0.2, -0.15) is 0 Å². The van der Waals surface area contributed by atoms with Gasteiger partial charge in [-0.05, 0) is 42.8 Å². The molecular formula is C17H16BrClN2O3. The third kappa shape index (κ3) is 5.86. The second kappa shape index (κ2) is 8.70. The lowest BCUT2D eigenvalue weighted by Gasteiger charge is -2.15. The van der Waals surface area contributed by atoms with Gasteiger partial charge in [0, 0.05) is 9.50 Å². The predicted octanol–water partition coefficient (Wildman–Crippen LogP) is 3.26. The van der Waals surface area contributed by atoms with E-state index >= 15 is 0 Å². The van der Waals surface area contributed by atoms with Crippen molar-refractivity contribution in [2.24, 2.45) is 0 Å². The second-order valence-electron chi connectivity index (χ2n) is 5.06. The van der Waals surface area contributed by atoms with Crippen LogP contribution in [0.3, 0.4) is 0 Å². The molecule has 0 aliphatic carbocycles. The Balaban J connectivity index is 1.79. The third-order valence-electron chi connectivity index (χ3n) is 3.08. The van der Waals surface area contributed by atoms with Crippen molar-refractivity contribution in [2.45, 2.75) is 19.4 Å². The van der Waals surface area contributed by atoms with Crippen molar-refractivity contribution in [1.82, 2.24) is 10.9 Å². The first-order chi connectivity index (χ1) is 11.4. The molecule has 5 nitrogen and oxygen atoms in total. The fraction of sp³-hybridized carbons (Fsp3) is 0.176. The summed E-state index contributed by atoms with van der Waals surface area (Å²) in [5.74, 6) is -0.223. The first kappa shape index (κ1) is 18.3. The average Bonchev–Trinajstić information content (AvgIpc) is 2.54. The van der Waals surface area contributed by atoms with Crippen LogP contribution in [0.5, 0.6) is 5.75 Å². The maximum Gasteiger partial charge on any atom is 0.279 e. The monoisotopic (exact) mass is 410 g/mol. The molecule has 0 unspecified atom stereocenters. The number of ether oxygens (including phenoxy) is 1. The molecular weight excluding hydrogens is 396 g/mol. The van der Waals surface area contributed by atoms with E-state index in [-0.39, 0.29) is 12.3 Å². The molecule has 7 heteroatoms. The van der Waals surface area contributed by atoms with Crippen LogP contribution in [0.2, 0.25) is 5.02 Å². The normalized spacial score (nSPS) is 11.5. The minimum atomic E-state index is -0.755. The first-order valence-electron chi connectivity index (χ1n) is 7.19. The zero-order chi connectivity index (χ0) is 17.5. The standard InChI is InChI=1S/C17H16BrClN2O3/c1-11(24-15-4-2-3-13(18)10-15)17(23)21-20-16(22)9-12-5-7-14(19)8-6-12/h2-8,10-11H,9H2,1H3,(H,20,22)(H,21,23)/t11-/m0/s1. The van der Waals surface area contributed by atoms with Crippen molar-refractivity contribution in [1.29, 1.82) is 0 Å². The molecule has 2 amide bonds. The van der Waals surface area contributed by atoms with Crippen LogP contribution >= 0.6 is 27.5 Å². The summed E-state index contributed by atoms with van der Waals surface area (Å²) in [4.78, 5) is 23.8. The second-order valence-corrected chi connectivity index (χ2v) is 6.41. The summed E-state index contributed by atoms with van der Waals surface area (Å²) in [6.07, 6.45) is -0.617. The van der Waals surface area contributed by atoms with E-state index in [0.29, 0.717) is 10.8 Å². The Morgan fingerprint density at radius 1 is 1.17 bits per heavy atom. The lowest BCUT2D eigenvalue weighted by molar-refractivity contribution is -0.132. The fourth-order valence-electron chi connectivity index (χ4n) is 1.86. The number of halogens is 2. The maximum absolute atomic E-state index is 12.0. The van der Waals surface area contributed by atoms with E-state index in [1.54, 1.807) is 49.4 Å². The van der Waals surface area contributed by atoms with Crippen LogP contribution in [-0.2, 0) is 16.0 Å². The predicted molar refractivity (Wildman–Crippen MR) is 95.7 cm³/mol. The molecule has 0 heterocycles. The Labute approximate surface area is 153 Å². The summed E-state index contributed by atoms with van der Waals surface area (Å²) < 4.78 is 6.36. The zero-order valence-corrected chi connectivity index (χ0v) is 15.2. The van der Waals surface area contributed by atoms with Gasteiger partial charge in [-0.15, -0.1) is 0 Å². The summed E-state index contributed by atoms with van der Waals surface area (Å²) in [5.41, 5.74) is 5.51. The van der Waals surface area contributed by atoms with Crippen LogP contribution < -0.4 is 15.6 Å². The zero-order valence-electron chi connectivity index (χ0n) is 12.9. The van der Waals surface area contributed by atoms with E-state index in [1.807, 2.05) is 6.07 Å².